The van der Waals surface area contributed by atoms with E-state index in [0.717, 1.165) is 18.3 Å². The largest absolute Gasteiger partial charge is 0.439 e. The number of aromatic nitrogens is 1. The van der Waals surface area contributed by atoms with Gasteiger partial charge in [-0.15, -0.1) is 0 Å². The minimum absolute atomic E-state index is 0.0431. The van der Waals surface area contributed by atoms with Gasteiger partial charge in [0.15, 0.2) is 0 Å². The average molecular weight is 272 g/mol. The second-order valence-electron chi connectivity index (χ2n) is 3.45. The van der Waals surface area contributed by atoms with Crippen molar-refractivity contribution in [1.82, 2.24) is 4.98 Å². The van der Waals surface area contributed by atoms with Crippen molar-refractivity contribution in [3.63, 3.8) is 0 Å². The number of halogens is 3. The molecule has 1 N–H and O–H groups in total. The smallest absolute Gasteiger partial charge is 0.224 e. The fraction of sp³-hybridized carbons (Fsp3) is 0.0833. The van der Waals surface area contributed by atoms with E-state index >= 15 is 0 Å². The first-order valence-corrected chi connectivity index (χ1v) is 5.36. The van der Waals surface area contributed by atoms with Crippen molar-refractivity contribution in [2.24, 2.45) is 0 Å². The maximum absolute atomic E-state index is 12.9. The van der Waals surface area contributed by atoms with Crippen molar-refractivity contribution in [3.05, 3.63) is 52.7 Å². The summed E-state index contributed by atoms with van der Waals surface area (Å²) in [4.78, 5) is 3.70. The van der Waals surface area contributed by atoms with E-state index in [1.54, 1.807) is 0 Å². The summed E-state index contributed by atoms with van der Waals surface area (Å²) in [6.07, 6.45) is 0.958. The lowest BCUT2D eigenvalue weighted by Gasteiger charge is -2.08. The number of pyridine rings is 1. The molecule has 0 amide bonds. The van der Waals surface area contributed by atoms with Crippen LogP contribution in [0.15, 0.2) is 30.5 Å². The highest BCUT2D eigenvalue weighted by atomic mass is 35.5. The van der Waals surface area contributed by atoms with Gasteiger partial charge in [0.25, 0.3) is 0 Å². The molecule has 2 rings (SSSR count). The van der Waals surface area contributed by atoms with Gasteiger partial charge in [-0.25, -0.2) is 13.8 Å². The molecule has 0 fully saturated rings. The monoisotopic (exact) mass is 271 g/mol. The maximum Gasteiger partial charge on any atom is 0.224 e. The number of ether oxygens (including phenoxy) is 1. The number of hydrogen-bond donors (Lipinski definition) is 1. The molecule has 94 valence electrons. The van der Waals surface area contributed by atoms with Crippen LogP contribution in [0.2, 0.25) is 5.02 Å². The highest BCUT2D eigenvalue weighted by Crippen LogP contribution is 2.27. The molecule has 0 bridgehead atoms. The Hall–Kier alpha value is -1.72. The third-order valence-corrected chi connectivity index (χ3v) is 2.46. The Labute approximate surface area is 107 Å². The number of hydrogen-bond acceptors (Lipinski definition) is 3. The zero-order valence-corrected chi connectivity index (χ0v) is 9.79. The third-order valence-electron chi connectivity index (χ3n) is 2.17. The summed E-state index contributed by atoms with van der Waals surface area (Å²) < 4.78 is 31.1. The minimum Gasteiger partial charge on any atom is -0.439 e. The summed E-state index contributed by atoms with van der Waals surface area (Å²) in [5.41, 5.74) is 0.190. The minimum atomic E-state index is -0.580. The van der Waals surface area contributed by atoms with Crippen LogP contribution >= 0.6 is 11.6 Å². The van der Waals surface area contributed by atoms with E-state index in [0.29, 0.717) is 0 Å². The summed E-state index contributed by atoms with van der Waals surface area (Å²) in [7, 11) is 0. The normalized spacial score (nSPS) is 10.4. The van der Waals surface area contributed by atoms with Crippen LogP contribution in [0.5, 0.6) is 11.6 Å². The van der Waals surface area contributed by atoms with Gasteiger partial charge >= 0.3 is 0 Å². The Morgan fingerprint density at radius 2 is 2.06 bits per heavy atom. The molecule has 0 saturated heterocycles. The van der Waals surface area contributed by atoms with Crippen molar-refractivity contribution < 1.29 is 18.6 Å². The van der Waals surface area contributed by atoms with E-state index in [1.165, 1.54) is 12.1 Å². The molecule has 1 aromatic carbocycles. The standard InChI is InChI=1S/C12H8ClF2NO2/c13-10-4-9(1-2-11(10)15)18-12-7(6-17)3-8(14)5-16-12/h1-5,17H,6H2. The fourth-order valence-corrected chi connectivity index (χ4v) is 1.50. The van der Waals surface area contributed by atoms with Gasteiger partial charge < -0.3 is 9.84 Å². The van der Waals surface area contributed by atoms with Crippen LogP contribution in [-0.4, -0.2) is 10.1 Å². The van der Waals surface area contributed by atoms with E-state index < -0.39 is 18.2 Å². The summed E-state index contributed by atoms with van der Waals surface area (Å²) in [6, 6.07) is 4.86. The highest BCUT2D eigenvalue weighted by Gasteiger charge is 2.09. The molecule has 0 unspecified atom stereocenters. The topological polar surface area (TPSA) is 42.4 Å². The first-order chi connectivity index (χ1) is 8.60. The van der Waals surface area contributed by atoms with Crippen LogP contribution in [0.4, 0.5) is 8.78 Å². The molecule has 0 saturated carbocycles. The summed E-state index contributed by atoms with van der Waals surface area (Å²) >= 11 is 5.59. The molecule has 6 heteroatoms. The molecule has 0 aliphatic rings. The van der Waals surface area contributed by atoms with Gasteiger partial charge in [0.1, 0.15) is 17.4 Å². The van der Waals surface area contributed by atoms with E-state index in [2.05, 4.69) is 4.98 Å². The Morgan fingerprint density at radius 1 is 1.28 bits per heavy atom. The molecule has 0 aliphatic heterocycles. The SMILES string of the molecule is OCc1cc(F)cnc1Oc1ccc(F)c(Cl)c1. The van der Waals surface area contributed by atoms with E-state index in [1.807, 2.05) is 0 Å². The fourth-order valence-electron chi connectivity index (χ4n) is 1.33. The lowest BCUT2D eigenvalue weighted by molar-refractivity contribution is 0.274. The van der Waals surface area contributed by atoms with Gasteiger partial charge in [0, 0.05) is 11.6 Å². The van der Waals surface area contributed by atoms with Crippen LogP contribution in [0, 0.1) is 11.6 Å². The Bertz CT molecular complexity index is 578. The van der Waals surface area contributed by atoms with Crippen LogP contribution in [-0.2, 0) is 6.61 Å². The second-order valence-corrected chi connectivity index (χ2v) is 3.86. The van der Waals surface area contributed by atoms with E-state index in [-0.39, 0.29) is 22.2 Å². The number of aliphatic hydroxyl groups excluding tert-OH is 1. The zero-order valence-electron chi connectivity index (χ0n) is 9.03. The van der Waals surface area contributed by atoms with Crippen molar-refractivity contribution in [1.29, 1.82) is 0 Å². The number of benzene rings is 1. The lowest BCUT2D eigenvalue weighted by atomic mass is 10.3. The average Bonchev–Trinajstić information content (AvgIpc) is 2.36. The van der Waals surface area contributed by atoms with Gasteiger partial charge in [-0.3, -0.25) is 0 Å². The van der Waals surface area contributed by atoms with Crippen LogP contribution in [0.25, 0.3) is 0 Å². The van der Waals surface area contributed by atoms with Gasteiger partial charge in [-0.2, -0.15) is 0 Å². The molecule has 0 aliphatic carbocycles. The number of rotatable bonds is 3. The first-order valence-electron chi connectivity index (χ1n) is 4.98. The molecular formula is C12H8ClF2NO2. The Kier molecular flexibility index (Phi) is 3.74. The van der Waals surface area contributed by atoms with Crippen molar-refractivity contribution >= 4 is 11.6 Å². The number of aliphatic hydroxyl groups is 1. The first kappa shape index (κ1) is 12.7. The molecule has 18 heavy (non-hydrogen) atoms. The molecule has 2 aromatic rings. The highest BCUT2D eigenvalue weighted by molar-refractivity contribution is 6.30. The van der Waals surface area contributed by atoms with Crippen molar-refractivity contribution in [2.45, 2.75) is 6.61 Å². The summed E-state index contributed by atoms with van der Waals surface area (Å²) in [5, 5.41) is 8.95. The summed E-state index contributed by atoms with van der Waals surface area (Å²) in [5.74, 6) is -0.862. The molecule has 1 aromatic heterocycles. The molecular weight excluding hydrogens is 264 g/mol. The molecule has 0 spiro atoms. The van der Waals surface area contributed by atoms with Gasteiger partial charge in [0.2, 0.25) is 5.88 Å². The van der Waals surface area contributed by atoms with Gasteiger partial charge in [-0.1, -0.05) is 11.6 Å². The molecule has 0 radical (unpaired) electrons. The maximum atomic E-state index is 12.9. The van der Waals surface area contributed by atoms with E-state index in [9.17, 15) is 8.78 Å². The van der Waals surface area contributed by atoms with Gasteiger partial charge in [-0.05, 0) is 18.2 Å². The van der Waals surface area contributed by atoms with Gasteiger partial charge in [0.05, 0.1) is 17.8 Å². The van der Waals surface area contributed by atoms with Crippen molar-refractivity contribution in [3.8, 4) is 11.6 Å². The van der Waals surface area contributed by atoms with E-state index in [4.69, 9.17) is 21.4 Å². The quantitative estimate of drug-likeness (QED) is 0.931. The predicted molar refractivity (Wildman–Crippen MR) is 61.6 cm³/mol. The van der Waals surface area contributed by atoms with Crippen LogP contribution in [0.3, 0.4) is 0 Å². The Balaban J connectivity index is 2.30. The molecule has 0 atom stereocenters. The molecule has 3 nitrogen and oxygen atoms in total. The van der Waals surface area contributed by atoms with Crippen molar-refractivity contribution in [2.75, 3.05) is 0 Å². The Morgan fingerprint density at radius 3 is 2.72 bits per heavy atom. The summed E-state index contributed by atoms with van der Waals surface area (Å²) in [6.45, 7) is -0.422. The zero-order chi connectivity index (χ0) is 13.1. The third kappa shape index (κ3) is 2.75. The lowest BCUT2D eigenvalue weighted by Crippen LogP contribution is -1.96. The van der Waals surface area contributed by atoms with Crippen LogP contribution in [0.1, 0.15) is 5.56 Å². The predicted octanol–water partition coefficient (Wildman–Crippen LogP) is 3.30. The second kappa shape index (κ2) is 5.29. The number of nitrogens with zero attached hydrogens (tertiary/aromatic N) is 1. The molecule has 1 heterocycles. The van der Waals surface area contributed by atoms with Crippen LogP contribution < -0.4 is 4.74 Å².